The number of halogens is 1. The molecular formula is C13H13ClN2O2. The highest BCUT2D eigenvalue weighted by Gasteiger charge is 2.21. The molecule has 2 aromatic rings. The Kier molecular flexibility index (Phi) is 2.74. The predicted octanol–water partition coefficient (Wildman–Crippen LogP) is 2.46. The molecule has 5 heteroatoms. The zero-order chi connectivity index (χ0) is 12.7. The Labute approximate surface area is 108 Å². The third-order valence-corrected chi connectivity index (χ3v) is 3.82. The van der Waals surface area contributed by atoms with Gasteiger partial charge in [-0.25, -0.2) is 4.79 Å². The van der Waals surface area contributed by atoms with Crippen LogP contribution in [0.3, 0.4) is 0 Å². The van der Waals surface area contributed by atoms with E-state index < -0.39 is 0 Å². The van der Waals surface area contributed by atoms with E-state index in [-0.39, 0.29) is 17.3 Å². The zero-order valence-corrected chi connectivity index (χ0v) is 10.5. The van der Waals surface area contributed by atoms with Crippen molar-refractivity contribution >= 4 is 22.5 Å². The molecule has 1 fully saturated rings. The highest BCUT2D eigenvalue weighted by molar-refractivity contribution is 6.31. The first-order valence-corrected chi connectivity index (χ1v) is 6.49. The van der Waals surface area contributed by atoms with Crippen molar-refractivity contribution in [3.8, 4) is 0 Å². The van der Waals surface area contributed by atoms with Crippen molar-refractivity contribution in [2.75, 3.05) is 0 Å². The van der Waals surface area contributed by atoms with E-state index in [1.807, 2.05) is 0 Å². The number of H-pyrrole nitrogens is 1. The lowest BCUT2D eigenvalue weighted by atomic mass is 10.2. The highest BCUT2D eigenvalue weighted by Crippen LogP contribution is 2.27. The van der Waals surface area contributed by atoms with Crippen molar-refractivity contribution < 1.29 is 0 Å². The summed E-state index contributed by atoms with van der Waals surface area (Å²) < 4.78 is 1.36. The molecule has 0 atom stereocenters. The summed E-state index contributed by atoms with van der Waals surface area (Å²) in [4.78, 5) is 27.1. The minimum atomic E-state index is -0.332. The van der Waals surface area contributed by atoms with Gasteiger partial charge >= 0.3 is 5.69 Å². The average molecular weight is 265 g/mol. The van der Waals surface area contributed by atoms with Gasteiger partial charge in [-0.15, -0.1) is 0 Å². The lowest BCUT2D eigenvalue weighted by Gasteiger charge is -2.12. The molecule has 0 aliphatic heterocycles. The fraction of sp³-hybridized carbons (Fsp3) is 0.385. The van der Waals surface area contributed by atoms with Crippen molar-refractivity contribution in [1.29, 1.82) is 0 Å². The summed E-state index contributed by atoms with van der Waals surface area (Å²) in [5.74, 6) is 0. The van der Waals surface area contributed by atoms with E-state index in [4.69, 9.17) is 11.6 Å². The van der Waals surface area contributed by atoms with Crippen LogP contribution in [-0.4, -0.2) is 9.55 Å². The van der Waals surface area contributed by atoms with Gasteiger partial charge in [-0.1, -0.05) is 24.4 Å². The topological polar surface area (TPSA) is 54.9 Å². The molecule has 0 unspecified atom stereocenters. The van der Waals surface area contributed by atoms with Crippen LogP contribution in [0.5, 0.6) is 0 Å². The number of aromatic amines is 1. The summed E-state index contributed by atoms with van der Waals surface area (Å²) in [5.41, 5.74) is -0.0364. The van der Waals surface area contributed by atoms with Gasteiger partial charge in [0.1, 0.15) is 0 Å². The van der Waals surface area contributed by atoms with Crippen molar-refractivity contribution in [3.05, 3.63) is 44.1 Å². The van der Waals surface area contributed by atoms with Gasteiger partial charge in [-0.3, -0.25) is 9.36 Å². The first-order chi connectivity index (χ1) is 8.66. The molecule has 4 nitrogen and oxygen atoms in total. The Morgan fingerprint density at radius 3 is 2.67 bits per heavy atom. The molecule has 0 spiro atoms. The normalized spacial score (nSPS) is 16.5. The third kappa shape index (κ3) is 1.77. The minimum Gasteiger partial charge on any atom is -0.307 e. The Morgan fingerprint density at radius 2 is 1.94 bits per heavy atom. The van der Waals surface area contributed by atoms with Gasteiger partial charge in [-0.05, 0) is 31.0 Å². The average Bonchev–Trinajstić information content (AvgIpc) is 2.82. The van der Waals surface area contributed by atoms with Crippen LogP contribution in [0, 0.1) is 0 Å². The number of hydrogen-bond donors (Lipinski definition) is 1. The molecule has 18 heavy (non-hydrogen) atoms. The molecule has 1 heterocycles. The molecule has 1 aliphatic carbocycles. The molecule has 0 saturated heterocycles. The van der Waals surface area contributed by atoms with Crippen LogP contribution in [0.15, 0.2) is 27.8 Å². The van der Waals surface area contributed by atoms with Crippen molar-refractivity contribution in [3.63, 3.8) is 0 Å². The summed E-state index contributed by atoms with van der Waals surface area (Å²) in [6.07, 6.45) is 3.97. The van der Waals surface area contributed by atoms with Gasteiger partial charge in [0.05, 0.1) is 10.9 Å². The number of nitrogens with zero attached hydrogens (tertiary/aromatic N) is 1. The van der Waals surface area contributed by atoms with Crippen molar-refractivity contribution in [2.45, 2.75) is 31.7 Å². The van der Waals surface area contributed by atoms with Crippen LogP contribution >= 0.6 is 11.6 Å². The molecule has 1 N–H and O–H groups in total. The van der Waals surface area contributed by atoms with Gasteiger partial charge in [0, 0.05) is 11.1 Å². The van der Waals surface area contributed by atoms with E-state index in [1.165, 1.54) is 4.57 Å². The Hall–Kier alpha value is -1.55. The Morgan fingerprint density at radius 1 is 1.22 bits per heavy atom. The molecule has 1 aromatic carbocycles. The lowest BCUT2D eigenvalue weighted by molar-refractivity contribution is 0.483. The Bertz CT molecular complexity index is 711. The minimum absolute atomic E-state index is 0.0429. The van der Waals surface area contributed by atoms with Gasteiger partial charge in [0.15, 0.2) is 0 Å². The van der Waals surface area contributed by atoms with Gasteiger partial charge in [0.25, 0.3) is 5.56 Å². The second-order valence-electron chi connectivity index (χ2n) is 4.73. The van der Waals surface area contributed by atoms with Crippen molar-refractivity contribution in [1.82, 2.24) is 9.55 Å². The first kappa shape index (κ1) is 11.5. The summed E-state index contributed by atoms with van der Waals surface area (Å²) in [6.45, 7) is 0. The molecule has 1 saturated carbocycles. The number of aromatic nitrogens is 2. The van der Waals surface area contributed by atoms with Crippen LogP contribution < -0.4 is 11.2 Å². The van der Waals surface area contributed by atoms with Gasteiger partial charge < -0.3 is 4.98 Å². The largest absolute Gasteiger partial charge is 0.329 e. The number of benzene rings is 1. The number of fused-ring (bicyclic) bond motifs is 1. The first-order valence-electron chi connectivity index (χ1n) is 6.11. The Balaban J connectivity index is 2.30. The van der Waals surface area contributed by atoms with Crippen LogP contribution in [0.1, 0.15) is 31.7 Å². The van der Waals surface area contributed by atoms with Gasteiger partial charge in [-0.2, -0.15) is 0 Å². The molecular weight excluding hydrogens is 252 g/mol. The van der Waals surface area contributed by atoms with Gasteiger partial charge in [0.2, 0.25) is 0 Å². The van der Waals surface area contributed by atoms with Crippen LogP contribution in [-0.2, 0) is 0 Å². The molecule has 0 bridgehead atoms. The summed E-state index contributed by atoms with van der Waals surface area (Å²) >= 11 is 5.86. The van der Waals surface area contributed by atoms with E-state index in [0.717, 1.165) is 25.7 Å². The monoisotopic (exact) mass is 264 g/mol. The standard InChI is InChI=1S/C13H13ClN2O2/c14-8-5-6-10-11(7-8)15-13(18)16(12(10)17)9-3-1-2-4-9/h5-7,9H,1-4H2,(H,15,18). The molecule has 1 aliphatic rings. The van der Waals surface area contributed by atoms with E-state index in [1.54, 1.807) is 18.2 Å². The number of rotatable bonds is 1. The smallest absolute Gasteiger partial charge is 0.307 e. The summed E-state index contributed by atoms with van der Waals surface area (Å²) in [7, 11) is 0. The fourth-order valence-electron chi connectivity index (χ4n) is 2.70. The maximum absolute atomic E-state index is 12.3. The van der Waals surface area contributed by atoms with E-state index in [2.05, 4.69) is 4.98 Å². The predicted molar refractivity (Wildman–Crippen MR) is 71.3 cm³/mol. The lowest BCUT2D eigenvalue weighted by Crippen LogP contribution is -2.37. The second-order valence-corrected chi connectivity index (χ2v) is 5.17. The fourth-order valence-corrected chi connectivity index (χ4v) is 2.87. The number of nitrogens with one attached hydrogen (secondary N) is 1. The second kappa shape index (κ2) is 4.28. The molecule has 1 aromatic heterocycles. The highest BCUT2D eigenvalue weighted by atomic mass is 35.5. The van der Waals surface area contributed by atoms with E-state index in [0.29, 0.717) is 15.9 Å². The molecule has 94 valence electrons. The maximum Gasteiger partial charge on any atom is 0.329 e. The maximum atomic E-state index is 12.3. The molecule has 3 rings (SSSR count). The SMILES string of the molecule is O=c1[nH]c2cc(Cl)ccc2c(=O)n1C1CCCC1. The summed E-state index contributed by atoms with van der Waals surface area (Å²) in [5, 5.41) is 1.03. The van der Waals surface area contributed by atoms with E-state index in [9.17, 15) is 9.59 Å². The number of hydrogen-bond acceptors (Lipinski definition) is 2. The van der Waals surface area contributed by atoms with Crippen LogP contribution in [0.4, 0.5) is 0 Å². The van der Waals surface area contributed by atoms with Crippen LogP contribution in [0.2, 0.25) is 5.02 Å². The van der Waals surface area contributed by atoms with Crippen molar-refractivity contribution in [2.24, 2.45) is 0 Å². The molecule has 0 amide bonds. The molecule has 0 radical (unpaired) electrons. The quantitative estimate of drug-likeness (QED) is 0.860. The summed E-state index contributed by atoms with van der Waals surface area (Å²) in [6, 6.07) is 4.99. The zero-order valence-electron chi connectivity index (χ0n) is 9.78. The van der Waals surface area contributed by atoms with E-state index >= 15 is 0 Å². The third-order valence-electron chi connectivity index (χ3n) is 3.58. The van der Waals surface area contributed by atoms with Crippen LogP contribution in [0.25, 0.3) is 10.9 Å².